The second kappa shape index (κ2) is 12.4. The fraction of sp³-hybridized carbons (Fsp3) is 0.606. The summed E-state index contributed by atoms with van der Waals surface area (Å²) in [5.41, 5.74) is -1.84. The van der Waals surface area contributed by atoms with Crippen molar-refractivity contribution in [3.05, 3.63) is 61.6 Å². The Morgan fingerprint density at radius 1 is 1.19 bits per heavy atom. The van der Waals surface area contributed by atoms with Crippen LogP contribution in [0.25, 0.3) is 0 Å². The zero-order chi connectivity index (χ0) is 29.2. The van der Waals surface area contributed by atoms with Crippen LogP contribution >= 0.6 is 0 Å². The van der Waals surface area contributed by atoms with Gasteiger partial charge in [0.1, 0.15) is 25.1 Å². The van der Waals surface area contributed by atoms with Gasteiger partial charge in [-0.05, 0) is 62.7 Å². The van der Waals surface area contributed by atoms with Crippen LogP contribution in [0.5, 0.6) is 5.75 Å². The number of Topliss-reactive ketones (excluding diaryl/α,β-unsaturated/α-hetero) is 1. The molecule has 43 heavy (non-hydrogen) atoms. The third kappa shape index (κ3) is 5.40. The van der Waals surface area contributed by atoms with Gasteiger partial charge < -0.3 is 36.7 Å². The molecule has 2 N–H and O–H groups in total. The number of allylic oxidation sites excluding steroid dienone is 4. The zero-order valence-corrected chi connectivity index (χ0v) is 28.4. The first-order valence-corrected chi connectivity index (χ1v) is 14.5. The Bertz CT molecular complexity index is 1290. The summed E-state index contributed by atoms with van der Waals surface area (Å²) in [6.45, 7) is 7.33. The molecule has 10 heteroatoms. The number of hydrogen-bond donors (Lipinski definition) is 2. The van der Waals surface area contributed by atoms with Gasteiger partial charge in [0.15, 0.2) is 23.8 Å². The first-order chi connectivity index (χ1) is 19.4. The maximum absolute atomic E-state index is 16.1. The summed E-state index contributed by atoms with van der Waals surface area (Å²) in [6.07, 6.45) is 3.88. The molecule has 1 aromatic carbocycles. The van der Waals surface area contributed by atoms with Crippen molar-refractivity contribution in [3.63, 3.8) is 0 Å². The van der Waals surface area contributed by atoms with E-state index >= 15 is 4.39 Å². The minimum Gasteiger partial charge on any atom is -0.515 e. The van der Waals surface area contributed by atoms with Gasteiger partial charge in [0.25, 0.3) is 0 Å². The molecule has 8 nitrogen and oxygen atoms in total. The van der Waals surface area contributed by atoms with Crippen LogP contribution in [0, 0.1) is 42.1 Å². The van der Waals surface area contributed by atoms with E-state index in [9.17, 15) is 15.0 Å². The third-order valence-electron chi connectivity index (χ3n) is 10.3. The molecule has 0 unspecified atom stereocenters. The van der Waals surface area contributed by atoms with E-state index in [0.29, 0.717) is 30.1 Å². The molecule has 4 fully saturated rings. The SMILES string of the molecule is CC1(C)O[C@@H]2C[C@H]3[C@@H]4C[C@H](F)C5=C/C(=N/OCCOc6cc[c-]cc6)C=C[C@]5(C)[C@H]4[C@@H](O)C[C@]3(C)[C@]2(C(=O)CO)O1.[CH3-].[Y]. The number of nitrogens with zero attached hydrogens (tertiary/aromatic N) is 1. The quantitative estimate of drug-likeness (QED) is 0.251. The second-order valence-electron chi connectivity index (χ2n) is 13.0. The Balaban J connectivity index is 0.00000212. The average Bonchev–Trinajstić information content (AvgIpc) is 3.34. The van der Waals surface area contributed by atoms with Gasteiger partial charge in [-0.2, -0.15) is 18.2 Å². The Morgan fingerprint density at radius 3 is 2.60 bits per heavy atom. The Kier molecular flexibility index (Phi) is 9.89. The van der Waals surface area contributed by atoms with Gasteiger partial charge in [0.05, 0.1) is 12.2 Å². The molecule has 9 atom stereocenters. The summed E-state index contributed by atoms with van der Waals surface area (Å²) in [7, 11) is 0. The van der Waals surface area contributed by atoms with E-state index in [4.69, 9.17) is 19.0 Å². The second-order valence-corrected chi connectivity index (χ2v) is 13.0. The summed E-state index contributed by atoms with van der Waals surface area (Å²) >= 11 is 0. The predicted molar refractivity (Wildman–Crippen MR) is 154 cm³/mol. The van der Waals surface area contributed by atoms with Gasteiger partial charge in [-0.25, -0.2) is 4.39 Å². The van der Waals surface area contributed by atoms with Crippen molar-refractivity contribution in [1.82, 2.24) is 0 Å². The monoisotopic (exact) mass is 672 g/mol. The van der Waals surface area contributed by atoms with Gasteiger partial charge in [0, 0.05) is 55.2 Å². The number of aliphatic hydroxyl groups is 2. The topological polar surface area (TPSA) is 107 Å². The molecule has 5 aliphatic rings. The van der Waals surface area contributed by atoms with Crippen molar-refractivity contribution in [3.8, 4) is 5.75 Å². The largest absolute Gasteiger partial charge is 0.515 e. The number of ketones is 1. The Labute approximate surface area is 278 Å². The molecular formula is C33H42FNO7Y-2. The van der Waals surface area contributed by atoms with E-state index in [0.717, 1.165) is 0 Å². The maximum atomic E-state index is 16.1. The molecule has 0 aromatic heterocycles. The number of aliphatic hydroxyl groups excluding tert-OH is 2. The van der Waals surface area contributed by atoms with Crippen molar-refractivity contribution < 1.29 is 71.2 Å². The molecule has 0 bridgehead atoms. The molecule has 0 amide bonds. The predicted octanol–water partition coefficient (Wildman–Crippen LogP) is 4.41. The van der Waals surface area contributed by atoms with E-state index in [1.807, 2.05) is 38.1 Å². The van der Waals surface area contributed by atoms with Crippen LogP contribution in [0.4, 0.5) is 4.39 Å². The van der Waals surface area contributed by atoms with E-state index < -0.39 is 53.0 Å². The van der Waals surface area contributed by atoms with Gasteiger partial charge in [0.2, 0.25) is 0 Å². The summed E-state index contributed by atoms with van der Waals surface area (Å²) in [4.78, 5) is 18.8. The minimum absolute atomic E-state index is 0. The number of hydrogen-bond acceptors (Lipinski definition) is 8. The third-order valence-corrected chi connectivity index (χ3v) is 10.3. The molecule has 0 spiro atoms. The minimum atomic E-state index is -1.38. The van der Waals surface area contributed by atoms with Crippen molar-refractivity contribution in [2.75, 3.05) is 19.8 Å². The Morgan fingerprint density at radius 2 is 1.91 bits per heavy atom. The van der Waals surface area contributed by atoms with Crippen LogP contribution in [0.15, 0.2) is 53.2 Å². The molecular weight excluding hydrogens is 630 g/mol. The van der Waals surface area contributed by atoms with Crippen LogP contribution in [0.1, 0.15) is 47.0 Å². The normalized spacial score (nSPS) is 41.0. The number of ether oxygens (including phenoxy) is 3. The summed E-state index contributed by atoms with van der Waals surface area (Å²) in [5.74, 6) is -1.32. The summed E-state index contributed by atoms with van der Waals surface area (Å²) in [6, 6.07) is 10.1. The van der Waals surface area contributed by atoms with Crippen molar-refractivity contribution in [1.29, 1.82) is 0 Å². The number of fused-ring (bicyclic) bond motifs is 7. The van der Waals surface area contributed by atoms with Gasteiger partial charge in [-0.15, -0.1) is 12.1 Å². The van der Waals surface area contributed by atoms with Crippen molar-refractivity contribution >= 4 is 11.5 Å². The van der Waals surface area contributed by atoms with Gasteiger partial charge >= 0.3 is 0 Å². The first kappa shape index (κ1) is 34.4. The standard InChI is InChI=1S/C32H39FNO7.CH3.Y/c1-29(2)40-27-16-22-21-15-24(33)23-14-19(34-39-13-12-38-20-8-6-5-7-9-20)10-11-30(23,3)28(21)25(36)17-31(22,4)32(27,41-29)26(37)18-35;;/h6-11,14,21-22,24-25,27-28,35-36H,12-13,15-18H2,1-4H3;1H3;/q2*-1;/b34-19+;;/t21-,22-,24-,25-,27+,28+,30-,31-,32+;;/m0../s1. The fourth-order valence-electron chi connectivity index (χ4n) is 8.90. The molecule has 1 radical (unpaired) electrons. The van der Waals surface area contributed by atoms with Crippen LogP contribution in [-0.2, 0) is 51.8 Å². The van der Waals surface area contributed by atoms with E-state index in [1.54, 1.807) is 32.1 Å². The molecule has 233 valence electrons. The molecule has 1 saturated heterocycles. The Hall–Kier alpha value is -1.49. The van der Waals surface area contributed by atoms with Crippen molar-refractivity contribution in [2.24, 2.45) is 33.7 Å². The van der Waals surface area contributed by atoms with E-state index in [2.05, 4.69) is 11.2 Å². The van der Waals surface area contributed by atoms with Crippen LogP contribution in [0.2, 0.25) is 0 Å². The number of benzene rings is 1. The summed E-state index contributed by atoms with van der Waals surface area (Å²) in [5, 5.41) is 25.9. The molecule has 4 aliphatic carbocycles. The van der Waals surface area contributed by atoms with Gasteiger partial charge in [-0.1, -0.05) is 25.1 Å². The fourth-order valence-corrected chi connectivity index (χ4v) is 8.90. The summed E-state index contributed by atoms with van der Waals surface area (Å²) < 4.78 is 34.3. The number of alkyl halides is 1. The molecule has 6 rings (SSSR count). The number of oxime groups is 1. The molecule has 1 aliphatic heterocycles. The van der Waals surface area contributed by atoms with Crippen LogP contribution in [0.3, 0.4) is 0 Å². The number of carbonyl (C=O) groups is 1. The molecule has 1 heterocycles. The van der Waals surface area contributed by atoms with Crippen molar-refractivity contribution in [2.45, 2.75) is 76.7 Å². The van der Waals surface area contributed by atoms with E-state index in [-0.39, 0.29) is 77.3 Å². The van der Waals surface area contributed by atoms with Crippen LogP contribution < -0.4 is 4.74 Å². The first-order valence-electron chi connectivity index (χ1n) is 14.5. The molecule has 3 saturated carbocycles. The smallest absolute Gasteiger partial charge is 0.193 e. The van der Waals surface area contributed by atoms with Gasteiger partial charge in [-0.3, -0.25) is 4.79 Å². The number of carbonyl (C=O) groups excluding carboxylic acids is 1. The average molecular weight is 673 g/mol. The zero-order valence-electron chi connectivity index (χ0n) is 25.6. The number of rotatable bonds is 7. The number of halogens is 1. The molecule has 1 aromatic rings. The van der Waals surface area contributed by atoms with E-state index in [1.165, 1.54) is 0 Å². The maximum Gasteiger partial charge on any atom is 0.193 e. The van der Waals surface area contributed by atoms with Crippen LogP contribution in [-0.4, -0.2) is 71.3 Å².